The monoisotopic (exact) mass is 230 g/mol. The fourth-order valence-electron chi connectivity index (χ4n) is 2.04. The van der Waals surface area contributed by atoms with Gasteiger partial charge >= 0.3 is 5.97 Å². The molecule has 0 aliphatic carbocycles. The van der Waals surface area contributed by atoms with E-state index in [1.807, 2.05) is 6.07 Å². The van der Waals surface area contributed by atoms with E-state index in [1.54, 1.807) is 17.0 Å². The predicted octanol–water partition coefficient (Wildman–Crippen LogP) is 0.933. The van der Waals surface area contributed by atoms with Crippen LogP contribution in [0.4, 0.5) is 5.69 Å². The van der Waals surface area contributed by atoms with E-state index in [9.17, 15) is 4.79 Å². The maximum atomic E-state index is 11.0. The highest BCUT2D eigenvalue weighted by Gasteiger charge is 2.21. The van der Waals surface area contributed by atoms with Crippen molar-refractivity contribution in [2.24, 2.45) is 0 Å². The Morgan fingerprint density at radius 3 is 3.24 bits per heavy atom. The molecule has 86 valence electrons. The molecule has 6 nitrogen and oxygen atoms in total. The zero-order valence-corrected chi connectivity index (χ0v) is 8.92. The number of nitrogens with zero attached hydrogens (tertiary/aromatic N) is 3. The first kappa shape index (κ1) is 9.83. The van der Waals surface area contributed by atoms with Gasteiger partial charge in [0.05, 0.1) is 23.3 Å². The molecule has 0 aromatic carbocycles. The van der Waals surface area contributed by atoms with Crippen molar-refractivity contribution >= 4 is 11.7 Å². The van der Waals surface area contributed by atoms with Gasteiger partial charge in [-0.05, 0) is 6.07 Å². The molecule has 0 bridgehead atoms. The van der Waals surface area contributed by atoms with E-state index in [-0.39, 0.29) is 5.69 Å². The summed E-state index contributed by atoms with van der Waals surface area (Å²) in [6.07, 6.45) is 5.55. The third-order valence-electron chi connectivity index (χ3n) is 2.81. The van der Waals surface area contributed by atoms with Gasteiger partial charge in [-0.25, -0.2) is 9.78 Å². The van der Waals surface area contributed by atoms with Crippen LogP contribution in [0, 0.1) is 0 Å². The van der Waals surface area contributed by atoms with Crippen LogP contribution in [-0.4, -0.2) is 32.2 Å². The normalized spacial score (nSPS) is 13.2. The molecule has 3 heterocycles. The fourth-order valence-corrected chi connectivity index (χ4v) is 2.04. The van der Waals surface area contributed by atoms with E-state index in [1.165, 1.54) is 6.33 Å². The minimum atomic E-state index is -0.994. The molecule has 0 saturated heterocycles. The zero-order valence-electron chi connectivity index (χ0n) is 8.92. The Bertz CT molecular complexity index is 591. The summed E-state index contributed by atoms with van der Waals surface area (Å²) in [4.78, 5) is 19.0. The Morgan fingerprint density at radius 2 is 2.41 bits per heavy atom. The number of carboxylic acids is 1. The van der Waals surface area contributed by atoms with Crippen LogP contribution in [0.1, 0.15) is 16.2 Å². The molecular formula is C11H10N4O2. The molecule has 2 aromatic heterocycles. The number of rotatable bonds is 1. The van der Waals surface area contributed by atoms with Gasteiger partial charge in [-0.15, -0.1) is 0 Å². The van der Waals surface area contributed by atoms with Crippen molar-refractivity contribution < 1.29 is 9.90 Å². The van der Waals surface area contributed by atoms with Crippen LogP contribution in [0.15, 0.2) is 24.8 Å². The van der Waals surface area contributed by atoms with Crippen LogP contribution in [0.3, 0.4) is 0 Å². The Balaban J connectivity index is 2.24. The molecule has 2 N–H and O–H groups in total. The van der Waals surface area contributed by atoms with Crippen LogP contribution in [0.5, 0.6) is 0 Å². The van der Waals surface area contributed by atoms with E-state index in [0.29, 0.717) is 18.7 Å². The maximum absolute atomic E-state index is 11.0. The zero-order chi connectivity index (χ0) is 11.8. The minimum Gasteiger partial charge on any atom is -0.476 e. The van der Waals surface area contributed by atoms with Crippen molar-refractivity contribution in [1.82, 2.24) is 14.5 Å². The van der Waals surface area contributed by atoms with Gasteiger partial charge in [0, 0.05) is 19.2 Å². The lowest BCUT2D eigenvalue weighted by molar-refractivity contribution is 0.0690. The van der Waals surface area contributed by atoms with E-state index in [4.69, 9.17) is 5.11 Å². The molecule has 0 fully saturated rings. The molecular weight excluding hydrogens is 220 g/mol. The first-order valence-electron chi connectivity index (χ1n) is 5.25. The molecule has 1 aliphatic rings. The molecule has 0 amide bonds. The molecule has 2 aromatic rings. The quantitative estimate of drug-likeness (QED) is 0.761. The number of carboxylic acid groups (broad SMARTS) is 1. The third kappa shape index (κ3) is 1.45. The SMILES string of the molecule is O=C(O)c1ncn2c1CCNc1ccncc1-2. The molecule has 0 atom stereocenters. The molecule has 1 aliphatic heterocycles. The van der Waals surface area contributed by atoms with Crippen molar-refractivity contribution in [3.63, 3.8) is 0 Å². The fraction of sp³-hybridized carbons (Fsp3) is 0.182. The number of nitrogens with one attached hydrogen (secondary N) is 1. The van der Waals surface area contributed by atoms with Gasteiger partial charge in [0.2, 0.25) is 0 Å². The highest BCUT2D eigenvalue weighted by Crippen LogP contribution is 2.25. The van der Waals surface area contributed by atoms with Crippen LogP contribution in [-0.2, 0) is 6.42 Å². The number of aromatic carboxylic acids is 1. The average Bonchev–Trinajstić information content (AvgIpc) is 2.66. The number of fused-ring (bicyclic) bond motifs is 3. The number of imidazole rings is 1. The van der Waals surface area contributed by atoms with Crippen molar-refractivity contribution in [1.29, 1.82) is 0 Å². The first-order valence-corrected chi connectivity index (χ1v) is 5.25. The maximum Gasteiger partial charge on any atom is 0.356 e. The summed E-state index contributed by atoms with van der Waals surface area (Å²) in [5.74, 6) is -0.994. The second-order valence-corrected chi connectivity index (χ2v) is 3.78. The van der Waals surface area contributed by atoms with Crippen LogP contribution < -0.4 is 5.32 Å². The lowest BCUT2D eigenvalue weighted by Gasteiger charge is -2.07. The molecule has 0 saturated carbocycles. The van der Waals surface area contributed by atoms with Crippen LogP contribution in [0.25, 0.3) is 5.69 Å². The summed E-state index contributed by atoms with van der Waals surface area (Å²) in [5, 5.41) is 12.3. The number of pyridine rings is 1. The van der Waals surface area contributed by atoms with Crippen molar-refractivity contribution in [2.45, 2.75) is 6.42 Å². The number of hydrogen-bond acceptors (Lipinski definition) is 4. The number of hydrogen-bond donors (Lipinski definition) is 2. The minimum absolute atomic E-state index is 0.114. The van der Waals surface area contributed by atoms with Crippen LogP contribution in [0.2, 0.25) is 0 Å². The lowest BCUT2D eigenvalue weighted by Crippen LogP contribution is -2.07. The summed E-state index contributed by atoms with van der Waals surface area (Å²) >= 11 is 0. The summed E-state index contributed by atoms with van der Waals surface area (Å²) in [6, 6.07) is 1.87. The Kier molecular flexibility index (Phi) is 2.07. The Labute approximate surface area is 96.9 Å². The molecule has 0 radical (unpaired) electrons. The molecule has 0 spiro atoms. The predicted molar refractivity (Wildman–Crippen MR) is 60.5 cm³/mol. The standard InChI is InChI=1S/C11H10N4O2/c16-11(17)10-8-2-4-13-7-1-3-12-5-9(7)15(8)6-14-10/h1,3,5-6,13H,2,4H2,(H,16,17). The van der Waals surface area contributed by atoms with E-state index >= 15 is 0 Å². The van der Waals surface area contributed by atoms with Gasteiger partial charge in [-0.1, -0.05) is 0 Å². The molecule has 17 heavy (non-hydrogen) atoms. The van der Waals surface area contributed by atoms with Gasteiger partial charge in [0.25, 0.3) is 0 Å². The van der Waals surface area contributed by atoms with E-state index in [2.05, 4.69) is 15.3 Å². The third-order valence-corrected chi connectivity index (χ3v) is 2.81. The molecule has 3 rings (SSSR count). The van der Waals surface area contributed by atoms with E-state index in [0.717, 1.165) is 11.4 Å². The van der Waals surface area contributed by atoms with Crippen molar-refractivity contribution in [2.75, 3.05) is 11.9 Å². The topological polar surface area (TPSA) is 80.0 Å². The average molecular weight is 230 g/mol. The van der Waals surface area contributed by atoms with Crippen molar-refractivity contribution in [3.05, 3.63) is 36.2 Å². The second kappa shape index (κ2) is 3.58. The molecule has 0 unspecified atom stereocenters. The summed E-state index contributed by atoms with van der Waals surface area (Å²) in [5.41, 5.74) is 2.59. The summed E-state index contributed by atoms with van der Waals surface area (Å²) < 4.78 is 1.78. The summed E-state index contributed by atoms with van der Waals surface area (Å²) in [6.45, 7) is 0.684. The van der Waals surface area contributed by atoms with Gasteiger partial charge in [0.15, 0.2) is 5.69 Å². The number of aromatic nitrogens is 3. The number of anilines is 1. The van der Waals surface area contributed by atoms with Gasteiger partial charge in [0.1, 0.15) is 6.33 Å². The van der Waals surface area contributed by atoms with Crippen molar-refractivity contribution in [3.8, 4) is 5.69 Å². The smallest absolute Gasteiger partial charge is 0.356 e. The van der Waals surface area contributed by atoms with Crippen LogP contribution >= 0.6 is 0 Å². The van der Waals surface area contributed by atoms with Gasteiger partial charge in [-0.3, -0.25) is 9.55 Å². The Morgan fingerprint density at radius 1 is 1.53 bits per heavy atom. The second-order valence-electron chi connectivity index (χ2n) is 3.78. The first-order chi connectivity index (χ1) is 8.27. The van der Waals surface area contributed by atoms with Gasteiger partial charge < -0.3 is 10.4 Å². The Hall–Kier alpha value is -2.37. The highest BCUT2D eigenvalue weighted by atomic mass is 16.4. The van der Waals surface area contributed by atoms with Gasteiger partial charge in [-0.2, -0.15) is 0 Å². The summed E-state index contributed by atoms with van der Waals surface area (Å²) in [7, 11) is 0. The highest BCUT2D eigenvalue weighted by molar-refractivity contribution is 5.87. The van der Waals surface area contributed by atoms with E-state index < -0.39 is 5.97 Å². The largest absolute Gasteiger partial charge is 0.476 e. The lowest BCUT2D eigenvalue weighted by atomic mass is 10.2. The molecule has 6 heteroatoms. The number of carbonyl (C=O) groups is 1.